The van der Waals surface area contributed by atoms with Gasteiger partial charge in [-0.25, -0.2) is 8.42 Å². The van der Waals surface area contributed by atoms with E-state index in [2.05, 4.69) is 0 Å². The van der Waals surface area contributed by atoms with Gasteiger partial charge in [0.05, 0.1) is 5.75 Å². The fourth-order valence-electron chi connectivity index (χ4n) is 2.08. The summed E-state index contributed by atoms with van der Waals surface area (Å²) in [7, 11) is -3.07. The Labute approximate surface area is 108 Å². The van der Waals surface area contributed by atoms with Gasteiger partial charge in [-0.1, -0.05) is 13.0 Å². The van der Waals surface area contributed by atoms with E-state index in [-0.39, 0.29) is 11.7 Å². The Kier molecular flexibility index (Phi) is 3.77. The average molecular weight is 270 g/mol. The van der Waals surface area contributed by atoms with Gasteiger partial charge in [-0.05, 0) is 18.1 Å². The smallest absolute Gasteiger partial charge is 0.214 e. The van der Waals surface area contributed by atoms with E-state index in [9.17, 15) is 8.42 Å². The summed E-state index contributed by atoms with van der Waals surface area (Å²) in [5.74, 6) is 1.10. The molecule has 1 aliphatic rings. The molecule has 0 saturated carbocycles. The van der Waals surface area contributed by atoms with Crippen molar-refractivity contribution in [2.45, 2.75) is 6.92 Å². The lowest BCUT2D eigenvalue weighted by molar-refractivity contribution is 0.273. The molecule has 1 fully saturated rings. The van der Waals surface area contributed by atoms with Gasteiger partial charge in [0.25, 0.3) is 0 Å². The maximum absolute atomic E-state index is 11.7. The third-order valence-electron chi connectivity index (χ3n) is 2.87. The number of nitrogens with zero attached hydrogens (tertiary/aromatic N) is 1. The van der Waals surface area contributed by atoms with Crippen molar-refractivity contribution < 1.29 is 13.2 Å². The van der Waals surface area contributed by atoms with Gasteiger partial charge < -0.3 is 10.5 Å². The lowest BCUT2D eigenvalue weighted by Gasteiger charge is -2.15. The zero-order valence-corrected chi connectivity index (χ0v) is 11.2. The second-order valence-electron chi connectivity index (χ2n) is 4.66. The lowest BCUT2D eigenvalue weighted by Crippen LogP contribution is -2.30. The normalized spacial score (nSPS) is 23.1. The predicted octanol–water partition coefficient (Wildman–Crippen LogP) is 0.929. The molecule has 5 nitrogen and oxygen atoms in total. The Bertz CT molecular complexity index is 516. The largest absolute Gasteiger partial charge is 0.492 e. The number of anilines is 1. The number of benzene rings is 1. The third kappa shape index (κ3) is 3.14. The van der Waals surface area contributed by atoms with Gasteiger partial charge in [0.15, 0.2) is 0 Å². The SMILES string of the molecule is CC1CN(CCOc2cccc(N)c2)S(=O)(=O)C1. The summed E-state index contributed by atoms with van der Waals surface area (Å²) >= 11 is 0. The van der Waals surface area contributed by atoms with E-state index in [4.69, 9.17) is 10.5 Å². The van der Waals surface area contributed by atoms with E-state index in [1.807, 2.05) is 6.92 Å². The molecular weight excluding hydrogens is 252 g/mol. The molecular formula is C12H18N2O3S. The minimum atomic E-state index is -3.07. The Morgan fingerprint density at radius 3 is 2.89 bits per heavy atom. The molecule has 2 rings (SSSR count). The van der Waals surface area contributed by atoms with Crippen LogP contribution in [-0.2, 0) is 10.0 Å². The summed E-state index contributed by atoms with van der Waals surface area (Å²) in [5, 5.41) is 0. The van der Waals surface area contributed by atoms with Crippen LogP contribution in [0.2, 0.25) is 0 Å². The molecule has 0 spiro atoms. The van der Waals surface area contributed by atoms with Crippen molar-refractivity contribution in [3.63, 3.8) is 0 Å². The molecule has 1 atom stereocenters. The van der Waals surface area contributed by atoms with E-state index in [0.29, 0.717) is 31.1 Å². The van der Waals surface area contributed by atoms with Gasteiger partial charge in [-0.3, -0.25) is 0 Å². The zero-order valence-electron chi connectivity index (χ0n) is 10.4. The quantitative estimate of drug-likeness (QED) is 0.826. The number of nitrogen functional groups attached to an aromatic ring is 1. The number of hydrogen-bond acceptors (Lipinski definition) is 4. The summed E-state index contributed by atoms with van der Waals surface area (Å²) in [6.07, 6.45) is 0. The summed E-state index contributed by atoms with van der Waals surface area (Å²) in [4.78, 5) is 0. The molecule has 0 amide bonds. The first kappa shape index (κ1) is 13.2. The fourth-order valence-corrected chi connectivity index (χ4v) is 3.95. The molecule has 1 aromatic carbocycles. The van der Waals surface area contributed by atoms with E-state index in [1.165, 1.54) is 4.31 Å². The van der Waals surface area contributed by atoms with Gasteiger partial charge in [-0.15, -0.1) is 0 Å². The molecule has 1 unspecified atom stereocenters. The monoisotopic (exact) mass is 270 g/mol. The number of rotatable bonds is 4. The van der Waals surface area contributed by atoms with Crippen molar-refractivity contribution in [3.05, 3.63) is 24.3 Å². The van der Waals surface area contributed by atoms with Crippen LogP contribution in [0, 0.1) is 5.92 Å². The zero-order chi connectivity index (χ0) is 13.2. The minimum absolute atomic E-state index is 0.197. The first-order chi connectivity index (χ1) is 8.47. The van der Waals surface area contributed by atoms with Gasteiger partial charge in [-0.2, -0.15) is 4.31 Å². The highest BCUT2D eigenvalue weighted by molar-refractivity contribution is 7.89. The third-order valence-corrected chi connectivity index (χ3v) is 4.98. The molecule has 1 aliphatic heterocycles. The maximum atomic E-state index is 11.7. The highest BCUT2D eigenvalue weighted by Gasteiger charge is 2.32. The molecule has 6 heteroatoms. The molecule has 0 radical (unpaired) electrons. The molecule has 1 heterocycles. The van der Waals surface area contributed by atoms with Crippen LogP contribution < -0.4 is 10.5 Å². The molecule has 0 bridgehead atoms. The highest BCUT2D eigenvalue weighted by atomic mass is 32.2. The van der Waals surface area contributed by atoms with Crippen LogP contribution in [0.5, 0.6) is 5.75 Å². The Balaban J connectivity index is 1.86. The predicted molar refractivity (Wildman–Crippen MR) is 70.9 cm³/mol. The van der Waals surface area contributed by atoms with Crippen molar-refractivity contribution in [3.8, 4) is 5.75 Å². The van der Waals surface area contributed by atoms with Gasteiger partial charge in [0.1, 0.15) is 12.4 Å². The topological polar surface area (TPSA) is 72.6 Å². The van der Waals surface area contributed by atoms with Crippen molar-refractivity contribution in [1.29, 1.82) is 0 Å². The van der Waals surface area contributed by atoms with Crippen LogP contribution in [0.1, 0.15) is 6.92 Å². The summed E-state index contributed by atoms with van der Waals surface area (Å²) in [5.41, 5.74) is 6.26. The van der Waals surface area contributed by atoms with Gasteiger partial charge in [0.2, 0.25) is 10.0 Å². The molecule has 1 aromatic rings. The van der Waals surface area contributed by atoms with Crippen molar-refractivity contribution in [1.82, 2.24) is 4.31 Å². The Morgan fingerprint density at radius 2 is 2.28 bits per heavy atom. The first-order valence-electron chi connectivity index (χ1n) is 5.93. The van der Waals surface area contributed by atoms with Gasteiger partial charge in [0, 0.05) is 24.8 Å². The second kappa shape index (κ2) is 5.16. The minimum Gasteiger partial charge on any atom is -0.492 e. The van der Waals surface area contributed by atoms with Crippen LogP contribution in [0.15, 0.2) is 24.3 Å². The van der Waals surface area contributed by atoms with E-state index < -0.39 is 10.0 Å². The average Bonchev–Trinajstić information content (AvgIpc) is 2.52. The molecule has 0 aliphatic carbocycles. The summed E-state index contributed by atoms with van der Waals surface area (Å²) in [6, 6.07) is 7.11. The molecule has 2 N–H and O–H groups in total. The van der Waals surface area contributed by atoms with Crippen LogP contribution in [0.25, 0.3) is 0 Å². The van der Waals surface area contributed by atoms with Crippen molar-refractivity contribution >= 4 is 15.7 Å². The Hall–Kier alpha value is -1.27. The van der Waals surface area contributed by atoms with Crippen LogP contribution in [0.4, 0.5) is 5.69 Å². The number of sulfonamides is 1. The lowest BCUT2D eigenvalue weighted by atomic mass is 10.2. The maximum Gasteiger partial charge on any atom is 0.214 e. The van der Waals surface area contributed by atoms with Crippen LogP contribution >= 0.6 is 0 Å². The number of ether oxygens (including phenoxy) is 1. The second-order valence-corrected chi connectivity index (χ2v) is 6.68. The Morgan fingerprint density at radius 1 is 1.50 bits per heavy atom. The first-order valence-corrected chi connectivity index (χ1v) is 7.54. The summed E-state index contributed by atoms with van der Waals surface area (Å²) < 4.78 is 30.4. The van der Waals surface area contributed by atoms with Crippen LogP contribution in [-0.4, -0.2) is 38.2 Å². The van der Waals surface area contributed by atoms with E-state index >= 15 is 0 Å². The molecule has 100 valence electrons. The van der Waals surface area contributed by atoms with Gasteiger partial charge >= 0.3 is 0 Å². The van der Waals surface area contributed by atoms with Crippen LogP contribution in [0.3, 0.4) is 0 Å². The molecule has 1 saturated heterocycles. The number of nitrogens with two attached hydrogens (primary N) is 1. The number of hydrogen-bond donors (Lipinski definition) is 1. The summed E-state index contributed by atoms with van der Waals surface area (Å²) in [6.45, 7) is 3.26. The van der Waals surface area contributed by atoms with E-state index in [0.717, 1.165) is 0 Å². The standard InChI is InChI=1S/C12H18N2O3S/c1-10-8-14(18(15,16)9-10)5-6-17-12-4-2-3-11(13)7-12/h2-4,7,10H,5-6,8-9,13H2,1H3. The van der Waals surface area contributed by atoms with E-state index in [1.54, 1.807) is 24.3 Å². The fraction of sp³-hybridized carbons (Fsp3) is 0.500. The van der Waals surface area contributed by atoms with Crippen molar-refractivity contribution in [2.24, 2.45) is 5.92 Å². The molecule has 0 aromatic heterocycles. The van der Waals surface area contributed by atoms with Crippen molar-refractivity contribution in [2.75, 3.05) is 31.2 Å². The highest BCUT2D eigenvalue weighted by Crippen LogP contribution is 2.19. The molecule has 18 heavy (non-hydrogen) atoms.